The van der Waals surface area contributed by atoms with Gasteiger partial charge >= 0.3 is 0 Å². The highest BCUT2D eigenvalue weighted by Crippen LogP contribution is 2.39. The van der Waals surface area contributed by atoms with E-state index in [0.29, 0.717) is 16.4 Å². The van der Waals surface area contributed by atoms with E-state index in [2.05, 4.69) is 17.2 Å². The van der Waals surface area contributed by atoms with Gasteiger partial charge in [0.1, 0.15) is 16.9 Å². The monoisotopic (exact) mass is 207 g/mol. The average Bonchev–Trinajstić information content (AvgIpc) is 2.88. The van der Waals surface area contributed by atoms with Gasteiger partial charge in [0.25, 0.3) is 0 Å². The Hall–Kier alpha value is -1.27. The number of halogens is 1. The van der Waals surface area contributed by atoms with E-state index in [4.69, 9.17) is 16.9 Å². The molecular weight excluding hydrogens is 198 g/mol. The zero-order valence-corrected chi connectivity index (χ0v) is 8.60. The fourth-order valence-electron chi connectivity index (χ4n) is 1.22. The van der Waals surface area contributed by atoms with E-state index in [1.54, 1.807) is 12.3 Å². The number of hydrogen-bond donors (Lipinski definition) is 1. The van der Waals surface area contributed by atoms with Gasteiger partial charge < -0.3 is 5.32 Å². The molecule has 1 heterocycles. The van der Waals surface area contributed by atoms with E-state index in [1.165, 1.54) is 0 Å². The number of hydrogen-bond acceptors (Lipinski definition) is 3. The van der Waals surface area contributed by atoms with Gasteiger partial charge in [0.2, 0.25) is 0 Å². The number of anilines is 1. The highest BCUT2D eigenvalue weighted by Gasteiger charge is 2.37. The van der Waals surface area contributed by atoms with Gasteiger partial charge in [0.15, 0.2) is 0 Å². The SMILES string of the molecule is CC1(Nc2nccc(C#N)c2Cl)CC1. The summed E-state index contributed by atoms with van der Waals surface area (Å²) in [6, 6.07) is 3.64. The van der Waals surface area contributed by atoms with Gasteiger partial charge in [-0.15, -0.1) is 0 Å². The van der Waals surface area contributed by atoms with Crippen LogP contribution in [0.5, 0.6) is 0 Å². The van der Waals surface area contributed by atoms with Crippen molar-refractivity contribution in [2.75, 3.05) is 5.32 Å². The first-order valence-electron chi connectivity index (χ1n) is 4.47. The summed E-state index contributed by atoms with van der Waals surface area (Å²) in [5.41, 5.74) is 0.596. The quantitative estimate of drug-likeness (QED) is 0.811. The van der Waals surface area contributed by atoms with Crippen LogP contribution in [0.2, 0.25) is 5.02 Å². The van der Waals surface area contributed by atoms with Crippen molar-refractivity contribution >= 4 is 17.4 Å². The summed E-state index contributed by atoms with van der Waals surface area (Å²) in [6.07, 6.45) is 3.85. The Labute approximate surface area is 87.7 Å². The predicted octanol–water partition coefficient (Wildman–Crippen LogP) is 2.57. The smallest absolute Gasteiger partial charge is 0.146 e. The Balaban J connectivity index is 2.30. The van der Waals surface area contributed by atoms with Crippen molar-refractivity contribution in [1.29, 1.82) is 5.26 Å². The average molecular weight is 208 g/mol. The van der Waals surface area contributed by atoms with Crippen LogP contribution in [-0.4, -0.2) is 10.5 Å². The maximum atomic E-state index is 8.77. The molecule has 1 aliphatic rings. The number of nitrogens with one attached hydrogen (secondary N) is 1. The van der Waals surface area contributed by atoms with Crippen LogP contribution in [0.1, 0.15) is 25.3 Å². The lowest BCUT2D eigenvalue weighted by molar-refractivity contribution is 0.821. The summed E-state index contributed by atoms with van der Waals surface area (Å²) in [5.74, 6) is 0.616. The molecule has 2 rings (SSSR count). The van der Waals surface area contributed by atoms with Crippen molar-refractivity contribution in [2.45, 2.75) is 25.3 Å². The minimum absolute atomic E-state index is 0.130. The van der Waals surface area contributed by atoms with Gasteiger partial charge in [-0.3, -0.25) is 0 Å². The Morgan fingerprint density at radius 2 is 2.36 bits per heavy atom. The second kappa shape index (κ2) is 3.14. The molecule has 0 atom stereocenters. The summed E-state index contributed by atoms with van der Waals surface area (Å²) in [4.78, 5) is 4.12. The molecule has 0 radical (unpaired) electrons. The molecule has 1 aromatic rings. The van der Waals surface area contributed by atoms with Crippen LogP contribution in [0, 0.1) is 11.3 Å². The number of nitrogens with zero attached hydrogens (tertiary/aromatic N) is 2. The van der Waals surface area contributed by atoms with Crippen LogP contribution in [0.25, 0.3) is 0 Å². The molecule has 0 bridgehead atoms. The molecule has 1 N–H and O–H groups in total. The van der Waals surface area contributed by atoms with Gasteiger partial charge in [-0.25, -0.2) is 4.98 Å². The van der Waals surface area contributed by atoms with Gasteiger partial charge in [0.05, 0.1) is 5.56 Å². The second-order valence-electron chi connectivity index (χ2n) is 3.82. The molecule has 1 aliphatic carbocycles. The lowest BCUT2D eigenvalue weighted by Crippen LogP contribution is -2.17. The van der Waals surface area contributed by atoms with Crippen LogP contribution in [0.15, 0.2) is 12.3 Å². The van der Waals surface area contributed by atoms with Gasteiger partial charge in [0, 0.05) is 11.7 Å². The predicted molar refractivity (Wildman–Crippen MR) is 55.2 cm³/mol. The largest absolute Gasteiger partial charge is 0.364 e. The molecule has 0 aromatic carbocycles. The third-order valence-corrected chi connectivity index (χ3v) is 2.81. The third kappa shape index (κ3) is 1.66. The standard InChI is InChI=1S/C10H10ClN3/c1-10(3-4-10)14-9-8(11)7(6-12)2-5-13-9/h2,5H,3-4H2,1H3,(H,13,14). The molecule has 3 nitrogen and oxygen atoms in total. The first kappa shape index (κ1) is 9.29. The summed E-state index contributed by atoms with van der Waals surface area (Å²) in [5, 5.41) is 12.4. The van der Waals surface area contributed by atoms with E-state index in [1.807, 2.05) is 6.07 Å². The van der Waals surface area contributed by atoms with Crippen molar-refractivity contribution in [3.8, 4) is 6.07 Å². The Bertz CT molecular complexity index is 404. The Morgan fingerprint density at radius 1 is 1.64 bits per heavy atom. The van der Waals surface area contributed by atoms with Crippen LogP contribution < -0.4 is 5.32 Å². The molecule has 4 heteroatoms. The van der Waals surface area contributed by atoms with Crippen LogP contribution in [0.4, 0.5) is 5.82 Å². The van der Waals surface area contributed by atoms with Gasteiger partial charge in [-0.05, 0) is 25.8 Å². The molecule has 0 unspecified atom stereocenters. The minimum atomic E-state index is 0.130. The number of pyridine rings is 1. The molecular formula is C10H10ClN3. The highest BCUT2D eigenvalue weighted by molar-refractivity contribution is 6.34. The van der Waals surface area contributed by atoms with E-state index in [-0.39, 0.29) is 5.54 Å². The third-order valence-electron chi connectivity index (χ3n) is 2.43. The van der Waals surface area contributed by atoms with Crippen LogP contribution in [0.3, 0.4) is 0 Å². The maximum absolute atomic E-state index is 8.77. The minimum Gasteiger partial charge on any atom is -0.364 e. The summed E-state index contributed by atoms with van der Waals surface area (Å²) in [6.45, 7) is 2.12. The summed E-state index contributed by atoms with van der Waals surface area (Å²) >= 11 is 6.00. The lowest BCUT2D eigenvalue weighted by Gasteiger charge is -2.13. The van der Waals surface area contributed by atoms with Crippen LogP contribution >= 0.6 is 11.6 Å². The molecule has 14 heavy (non-hydrogen) atoms. The van der Waals surface area contributed by atoms with E-state index in [0.717, 1.165) is 12.8 Å². The molecule has 1 saturated carbocycles. The van der Waals surface area contributed by atoms with Crippen LogP contribution in [-0.2, 0) is 0 Å². The van der Waals surface area contributed by atoms with Crippen molar-refractivity contribution < 1.29 is 0 Å². The van der Waals surface area contributed by atoms with Crippen molar-refractivity contribution in [2.24, 2.45) is 0 Å². The first-order valence-corrected chi connectivity index (χ1v) is 4.85. The molecule has 0 aliphatic heterocycles. The Morgan fingerprint density at radius 3 is 2.93 bits per heavy atom. The summed E-state index contributed by atoms with van der Waals surface area (Å²) in [7, 11) is 0. The molecule has 0 spiro atoms. The fourth-order valence-corrected chi connectivity index (χ4v) is 1.42. The van der Waals surface area contributed by atoms with Gasteiger partial charge in [-0.2, -0.15) is 5.26 Å². The fraction of sp³-hybridized carbons (Fsp3) is 0.400. The lowest BCUT2D eigenvalue weighted by atomic mass is 10.2. The van der Waals surface area contributed by atoms with E-state index in [9.17, 15) is 0 Å². The molecule has 0 amide bonds. The molecule has 0 saturated heterocycles. The summed E-state index contributed by atoms with van der Waals surface area (Å²) < 4.78 is 0. The maximum Gasteiger partial charge on any atom is 0.146 e. The van der Waals surface area contributed by atoms with Gasteiger partial charge in [-0.1, -0.05) is 11.6 Å². The molecule has 1 fully saturated rings. The zero-order chi connectivity index (χ0) is 10.2. The zero-order valence-electron chi connectivity index (χ0n) is 7.84. The molecule has 72 valence electrons. The highest BCUT2D eigenvalue weighted by atomic mass is 35.5. The topological polar surface area (TPSA) is 48.7 Å². The normalized spacial score (nSPS) is 17.2. The van der Waals surface area contributed by atoms with E-state index < -0.39 is 0 Å². The van der Waals surface area contributed by atoms with E-state index >= 15 is 0 Å². The molecule has 1 aromatic heterocycles. The number of rotatable bonds is 2. The first-order chi connectivity index (χ1) is 6.64. The van der Waals surface area contributed by atoms with Crippen molar-refractivity contribution in [3.63, 3.8) is 0 Å². The second-order valence-corrected chi connectivity index (χ2v) is 4.20. The number of aromatic nitrogens is 1. The van der Waals surface area contributed by atoms with Crippen molar-refractivity contribution in [3.05, 3.63) is 22.8 Å². The number of nitriles is 1. The van der Waals surface area contributed by atoms with Crippen molar-refractivity contribution in [1.82, 2.24) is 4.98 Å². The Kier molecular flexibility index (Phi) is 2.09.